The van der Waals surface area contributed by atoms with E-state index >= 15 is 0 Å². The molecule has 2 rings (SSSR count). The fourth-order valence-electron chi connectivity index (χ4n) is 2.57. The van der Waals surface area contributed by atoms with Gasteiger partial charge < -0.3 is 10.2 Å². The average molecular weight is 234 g/mol. The summed E-state index contributed by atoms with van der Waals surface area (Å²) in [5.41, 5.74) is 1.06. The van der Waals surface area contributed by atoms with E-state index in [9.17, 15) is 9.90 Å². The molecular weight excluding hydrogens is 216 g/mol. The van der Waals surface area contributed by atoms with Crippen LogP contribution in [-0.2, 0) is 0 Å². The normalized spacial score (nSPS) is 24.5. The van der Waals surface area contributed by atoms with Crippen LogP contribution in [0.4, 0.5) is 0 Å². The maximum Gasteiger partial charge on any atom is 0.339 e. The third-order valence-electron chi connectivity index (χ3n) is 3.74. The summed E-state index contributed by atoms with van der Waals surface area (Å²) < 4.78 is 0. The van der Waals surface area contributed by atoms with Crippen LogP contribution in [0.2, 0.25) is 0 Å². The summed E-state index contributed by atoms with van der Waals surface area (Å²) in [6.07, 6.45) is 4.64. The predicted molar refractivity (Wildman–Crippen MR) is 65.4 cm³/mol. The van der Waals surface area contributed by atoms with Crippen LogP contribution >= 0.6 is 0 Å². The Morgan fingerprint density at radius 2 is 1.88 bits per heavy atom. The van der Waals surface area contributed by atoms with Gasteiger partial charge in [-0.2, -0.15) is 0 Å². The number of rotatable bonds is 2. The van der Waals surface area contributed by atoms with Crippen LogP contribution in [-0.4, -0.2) is 16.2 Å². The topological polar surface area (TPSA) is 57.5 Å². The van der Waals surface area contributed by atoms with Crippen molar-refractivity contribution >= 4 is 5.97 Å². The Balaban J connectivity index is 2.21. The summed E-state index contributed by atoms with van der Waals surface area (Å²) in [5.74, 6) is 0.0196. The van der Waals surface area contributed by atoms with Gasteiger partial charge in [-0.3, -0.25) is 0 Å². The Bertz CT molecular complexity index is 417. The average Bonchev–Trinajstić information content (AvgIpc) is 2.30. The van der Waals surface area contributed by atoms with Crippen molar-refractivity contribution < 1.29 is 15.0 Å². The minimum absolute atomic E-state index is 0.0149. The Morgan fingerprint density at radius 3 is 2.47 bits per heavy atom. The lowest BCUT2D eigenvalue weighted by atomic mass is 9.79. The first kappa shape index (κ1) is 12.0. The van der Waals surface area contributed by atoms with Gasteiger partial charge in [0, 0.05) is 0 Å². The molecule has 1 saturated carbocycles. The molecule has 0 spiro atoms. The van der Waals surface area contributed by atoms with Crippen LogP contribution in [0.15, 0.2) is 18.2 Å². The van der Waals surface area contributed by atoms with Gasteiger partial charge in [0.1, 0.15) is 11.3 Å². The van der Waals surface area contributed by atoms with Crippen molar-refractivity contribution in [2.75, 3.05) is 0 Å². The fraction of sp³-hybridized carbons (Fsp3) is 0.500. The van der Waals surface area contributed by atoms with Crippen LogP contribution in [0.1, 0.15) is 54.4 Å². The molecule has 1 aliphatic carbocycles. The van der Waals surface area contributed by atoms with E-state index in [-0.39, 0.29) is 11.3 Å². The molecule has 1 aromatic carbocycles. The minimum atomic E-state index is -1.06. The lowest BCUT2D eigenvalue weighted by molar-refractivity contribution is 0.0693. The highest BCUT2D eigenvalue weighted by Gasteiger charge is 2.21. The molecule has 0 amide bonds. The molecule has 0 radical (unpaired) electrons. The van der Waals surface area contributed by atoms with Gasteiger partial charge in [-0.15, -0.1) is 0 Å². The lowest BCUT2D eigenvalue weighted by Gasteiger charge is -2.26. The molecule has 0 unspecified atom stereocenters. The summed E-state index contributed by atoms with van der Waals surface area (Å²) in [5, 5.41) is 18.4. The van der Waals surface area contributed by atoms with Gasteiger partial charge in [0.15, 0.2) is 0 Å². The van der Waals surface area contributed by atoms with Gasteiger partial charge in [0.2, 0.25) is 0 Å². The third kappa shape index (κ3) is 2.60. The van der Waals surface area contributed by atoms with Crippen LogP contribution in [0.25, 0.3) is 0 Å². The second kappa shape index (κ2) is 4.78. The molecule has 0 atom stereocenters. The van der Waals surface area contributed by atoms with Crippen molar-refractivity contribution in [1.29, 1.82) is 0 Å². The van der Waals surface area contributed by atoms with E-state index < -0.39 is 5.97 Å². The molecule has 2 N–H and O–H groups in total. The number of aromatic carboxylic acids is 1. The fourth-order valence-corrected chi connectivity index (χ4v) is 2.57. The van der Waals surface area contributed by atoms with Crippen molar-refractivity contribution in [3.63, 3.8) is 0 Å². The zero-order valence-electron chi connectivity index (χ0n) is 10.0. The molecule has 1 fully saturated rings. The first-order valence-corrected chi connectivity index (χ1v) is 6.14. The summed E-state index contributed by atoms with van der Waals surface area (Å²) in [6.45, 7) is 2.26. The number of carboxylic acids is 1. The minimum Gasteiger partial charge on any atom is -0.507 e. The molecule has 0 bridgehead atoms. The van der Waals surface area contributed by atoms with Gasteiger partial charge in [-0.1, -0.05) is 25.8 Å². The maximum atomic E-state index is 10.9. The quantitative estimate of drug-likeness (QED) is 0.824. The molecule has 0 aliphatic heterocycles. The first-order valence-electron chi connectivity index (χ1n) is 6.14. The molecule has 1 aromatic rings. The third-order valence-corrected chi connectivity index (χ3v) is 3.74. The van der Waals surface area contributed by atoms with Gasteiger partial charge in [-0.25, -0.2) is 4.79 Å². The molecule has 0 aromatic heterocycles. The molecule has 17 heavy (non-hydrogen) atoms. The Morgan fingerprint density at radius 1 is 1.24 bits per heavy atom. The van der Waals surface area contributed by atoms with Gasteiger partial charge in [0.05, 0.1) is 0 Å². The van der Waals surface area contributed by atoms with Crippen molar-refractivity contribution in [1.82, 2.24) is 0 Å². The van der Waals surface area contributed by atoms with Gasteiger partial charge in [0.25, 0.3) is 0 Å². The van der Waals surface area contributed by atoms with E-state index in [2.05, 4.69) is 6.92 Å². The van der Waals surface area contributed by atoms with E-state index in [0.717, 1.165) is 24.3 Å². The molecule has 1 aliphatic rings. The number of benzene rings is 1. The van der Waals surface area contributed by atoms with Crippen molar-refractivity contribution in [2.24, 2.45) is 5.92 Å². The highest BCUT2D eigenvalue weighted by Crippen LogP contribution is 2.36. The standard InChI is InChI=1S/C14H18O3/c1-9-2-4-10(5-3-9)11-6-7-13(15)12(8-11)14(16)17/h6-10,15H,2-5H2,1H3,(H,16,17). The zero-order valence-corrected chi connectivity index (χ0v) is 10.0. The number of carboxylic acid groups (broad SMARTS) is 1. The van der Waals surface area contributed by atoms with Crippen LogP contribution in [0.3, 0.4) is 0 Å². The Hall–Kier alpha value is -1.51. The number of carbonyl (C=O) groups is 1. The summed E-state index contributed by atoms with van der Waals surface area (Å²) in [6, 6.07) is 4.97. The van der Waals surface area contributed by atoms with E-state index in [1.54, 1.807) is 6.07 Å². The smallest absolute Gasteiger partial charge is 0.339 e. The van der Waals surface area contributed by atoms with Gasteiger partial charge >= 0.3 is 5.97 Å². The van der Waals surface area contributed by atoms with E-state index in [1.807, 2.05) is 6.07 Å². The highest BCUT2D eigenvalue weighted by molar-refractivity contribution is 5.90. The molecule has 0 saturated heterocycles. The highest BCUT2D eigenvalue weighted by atomic mass is 16.4. The van der Waals surface area contributed by atoms with Gasteiger partial charge in [-0.05, 0) is 42.4 Å². The zero-order chi connectivity index (χ0) is 12.4. The van der Waals surface area contributed by atoms with Crippen LogP contribution < -0.4 is 0 Å². The van der Waals surface area contributed by atoms with Crippen molar-refractivity contribution in [2.45, 2.75) is 38.5 Å². The largest absolute Gasteiger partial charge is 0.507 e. The monoisotopic (exact) mass is 234 g/mol. The Labute approximate surface area is 101 Å². The summed E-state index contributed by atoms with van der Waals surface area (Å²) in [4.78, 5) is 10.9. The second-order valence-corrected chi connectivity index (χ2v) is 5.04. The second-order valence-electron chi connectivity index (χ2n) is 5.04. The van der Waals surface area contributed by atoms with Crippen LogP contribution in [0, 0.1) is 5.92 Å². The molecule has 3 heteroatoms. The number of aromatic hydroxyl groups is 1. The van der Waals surface area contributed by atoms with Crippen molar-refractivity contribution in [3.8, 4) is 5.75 Å². The summed E-state index contributed by atoms with van der Waals surface area (Å²) in [7, 11) is 0. The lowest BCUT2D eigenvalue weighted by Crippen LogP contribution is -2.11. The van der Waals surface area contributed by atoms with Crippen LogP contribution in [0.5, 0.6) is 5.75 Å². The van der Waals surface area contributed by atoms with E-state index in [4.69, 9.17) is 5.11 Å². The number of hydrogen-bond donors (Lipinski definition) is 2. The molecule has 92 valence electrons. The predicted octanol–water partition coefficient (Wildman–Crippen LogP) is 3.38. The molecule has 0 heterocycles. The van der Waals surface area contributed by atoms with E-state index in [1.165, 1.54) is 18.9 Å². The van der Waals surface area contributed by atoms with Crippen molar-refractivity contribution in [3.05, 3.63) is 29.3 Å². The molecule has 3 nitrogen and oxygen atoms in total. The van der Waals surface area contributed by atoms with E-state index in [0.29, 0.717) is 5.92 Å². The summed E-state index contributed by atoms with van der Waals surface area (Å²) >= 11 is 0. The first-order chi connectivity index (χ1) is 8.08. The molecular formula is C14H18O3. The SMILES string of the molecule is CC1CCC(c2ccc(O)c(C(=O)O)c2)CC1. The Kier molecular flexibility index (Phi) is 3.36. The maximum absolute atomic E-state index is 10.9. The number of hydrogen-bond acceptors (Lipinski definition) is 2. The number of phenols is 1.